The summed E-state index contributed by atoms with van der Waals surface area (Å²) >= 11 is 1.20. The van der Waals surface area contributed by atoms with Crippen LogP contribution in [0.1, 0.15) is 15.9 Å². The zero-order chi connectivity index (χ0) is 17.4. The molecule has 0 bridgehead atoms. The topological polar surface area (TPSA) is 72.2 Å². The zero-order valence-corrected chi connectivity index (χ0v) is 13.9. The molecule has 8 heteroatoms. The van der Waals surface area contributed by atoms with Crippen molar-refractivity contribution in [3.8, 4) is 11.4 Å². The molecule has 0 saturated carbocycles. The van der Waals surface area contributed by atoms with Gasteiger partial charge in [-0.05, 0) is 25.1 Å². The lowest BCUT2D eigenvalue weighted by molar-refractivity contribution is 0.102. The largest absolute Gasteiger partial charge is 0.296 e. The summed E-state index contributed by atoms with van der Waals surface area (Å²) in [6, 6.07) is 13.3. The lowest BCUT2D eigenvalue weighted by Crippen LogP contribution is -2.12. The Morgan fingerprint density at radius 2 is 1.96 bits per heavy atom. The van der Waals surface area contributed by atoms with Crippen molar-refractivity contribution in [3.63, 3.8) is 0 Å². The summed E-state index contributed by atoms with van der Waals surface area (Å²) in [5.41, 5.74) is 2.25. The van der Waals surface area contributed by atoms with Crippen molar-refractivity contribution in [1.29, 1.82) is 0 Å². The van der Waals surface area contributed by atoms with Crippen molar-refractivity contribution in [2.45, 2.75) is 6.92 Å². The molecule has 0 radical (unpaired) electrons. The Hall–Kier alpha value is -3.13. The molecular formula is C17H12FN5OS. The summed E-state index contributed by atoms with van der Waals surface area (Å²) < 4.78 is 14.8. The van der Waals surface area contributed by atoms with Gasteiger partial charge in [-0.25, -0.2) is 4.39 Å². The predicted octanol–water partition coefficient (Wildman–Crippen LogP) is 3.55. The highest BCUT2D eigenvalue weighted by Gasteiger charge is 2.15. The number of carbonyl (C=O) groups excluding carboxylic acids is 1. The van der Waals surface area contributed by atoms with Crippen LogP contribution in [0.15, 0.2) is 48.5 Å². The monoisotopic (exact) mass is 353 g/mol. The van der Waals surface area contributed by atoms with E-state index in [2.05, 4.69) is 20.6 Å². The molecule has 1 amide bonds. The minimum Gasteiger partial charge on any atom is -0.296 e. The maximum absolute atomic E-state index is 13.2. The number of rotatable bonds is 3. The Balaban J connectivity index is 1.64. The van der Waals surface area contributed by atoms with Gasteiger partial charge in [0.15, 0.2) is 5.82 Å². The number of nitrogens with one attached hydrogen (secondary N) is 1. The van der Waals surface area contributed by atoms with Crippen molar-refractivity contribution in [2.75, 3.05) is 5.32 Å². The van der Waals surface area contributed by atoms with E-state index >= 15 is 0 Å². The number of hydrogen-bond acceptors (Lipinski definition) is 5. The summed E-state index contributed by atoms with van der Waals surface area (Å²) in [6.45, 7) is 2.01. The molecule has 6 nitrogen and oxygen atoms in total. The number of fused-ring (bicyclic) bond motifs is 1. The first kappa shape index (κ1) is 15.4. The maximum atomic E-state index is 13.2. The van der Waals surface area contributed by atoms with Crippen LogP contribution in [0.3, 0.4) is 0 Å². The molecule has 0 spiro atoms. The number of aromatic nitrogens is 4. The first-order chi connectivity index (χ1) is 12.1. The molecule has 25 heavy (non-hydrogen) atoms. The summed E-state index contributed by atoms with van der Waals surface area (Å²) in [6.07, 6.45) is 0. The molecule has 124 valence electrons. The Morgan fingerprint density at radius 1 is 1.16 bits per heavy atom. The van der Waals surface area contributed by atoms with Gasteiger partial charge in [0.05, 0.1) is 0 Å². The van der Waals surface area contributed by atoms with Gasteiger partial charge in [0, 0.05) is 11.1 Å². The van der Waals surface area contributed by atoms with Crippen LogP contribution in [0, 0.1) is 12.7 Å². The highest BCUT2D eigenvalue weighted by molar-refractivity contribution is 7.20. The van der Waals surface area contributed by atoms with Crippen LogP contribution in [-0.4, -0.2) is 25.7 Å². The van der Waals surface area contributed by atoms with E-state index in [0.29, 0.717) is 15.9 Å². The van der Waals surface area contributed by atoms with E-state index in [1.807, 2.05) is 31.2 Å². The molecule has 0 fully saturated rings. The number of halogens is 1. The molecule has 4 aromatic rings. The average Bonchev–Trinajstić information content (AvgIpc) is 3.16. The fraction of sp³-hybridized carbons (Fsp3) is 0.0588. The van der Waals surface area contributed by atoms with Crippen molar-refractivity contribution < 1.29 is 9.18 Å². The van der Waals surface area contributed by atoms with E-state index in [1.165, 1.54) is 35.6 Å². The zero-order valence-electron chi connectivity index (χ0n) is 13.1. The predicted molar refractivity (Wildman–Crippen MR) is 93.2 cm³/mol. The second kappa shape index (κ2) is 6.06. The number of anilines is 1. The molecule has 0 unspecified atom stereocenters. The second-order valence-electron chi connectivity index (χ2n) is 5.46. The molecule has 0 atom stereocenters. The number of aryl methyl sites for hydroxylation is 1. The van der Waals surface area contributed by atoms with Gasteiger partial charge in [-0.1, -0.05) is 47.2 Å². The summed E-state index contributed by atoms with van der Waals surface area (Å²) in [5, 5.41) is 15.6. The highest BCUT2D eigenvalue weighted by atomic mass is 32.1. The number of hydrogen-bond donors (Lipinski definition) is 1. The first-order valence-corrected chi connectivity index (χ1v) is 8.28. The van der Waals surface area contributed by atoms with Gasteiger partial charge in [-0.15, -0.1) is 15.3 Å². The Morgan fingerprint density at radius 3 is 2.72 bits per heavy atom. The maximum Gasteiger partial charge on any atom is 0.257 e. The van der Waals surface area contributed by atoms with E-state index < -0.39 is 11.7 Å². The third-order valence-corrected chi connectivity index (χ3v) is 4.42. The standard InChI is InChI=1S/C17H12FN5OS/c1-10-5-7-11(8-6-10)14-20-21-17-23(14)22-16(25-17)19-15(24)12-3-2-4-13(18)9-12/h2-9H,1H3,(H,19,22,24). The van der Waals surface area contributed by atoms with Gasteiger partial charge < -0.3 is 0 Å². The third-order valence-electron chi connectivity index (χ3n) is 3.61. The Kier molecular flexibility index (Phi) is 3.73. The summed E-state index contributed by atoms with van der Waals surface area (Å²) in [4.78, 5) is 12.8. The SMILES string of the molecule is Cc1ccc(-c2nnc3sc(NC(=O)c4cccc(F)c4)nn23)cc1. The van der Waals surface area contributed by atoms with Gasteiger partial charge >= 0.3 is 0 Å². The van der Waals surface area contributed by atoms with Crippen molar-refractivity contribution in [2.24, 2.45) is 0 Å². The fourth-order valence-electron chi connectivity index (χ4n) is 2.35. The number of carbonyl (C=O) groups is 1. The molecule has 1 N–H and O–H groups in total. The van der Waals surface area contributed by atoms with Gasteiger partial charge in [-0.3, -0.25) is 10.1 Å². The van der Waals surface area contributed by atoms with Gasteiger partial charge in [0.2, 0.25) is 10.1 Å². The number of nitrogens with zero attached hydrogens (tertiary/aromatic N) is 4. The van der Waals surface area contributed by atoms with E-state index in [9.17, 15) is 9.18 Å². The lowest BCUT2D eigenvalue weighted by atomic mass is 10.1. The molecule has 0 saturated heterocycles. The molecule has 0 aliphatic heterocycles. The van der Waals surface area contributed by atoms with Crippen LogP contribution in [0.25, 0.3) is 16.3 Å². The summed E-state index contributed by atoms with van der Waals surface area (Å²) in [5.74, 6) is -0.300. The quantitative estimate of drug-likeness (QED) is 0.611. The van der Waals surface area contributed by atoms with Crippen LogP contribution in [0.4, 0.5) is 9.52 Å². The molecule has 0 aliphatic carbocycles. The van der Waals surface area contributed by atoms with Crippen molar-refractivity contribution in [1.82, 2.24) is 19.8 Å². The van der Waals surface area contributed by atoms with E-state index in [4.69, 9.17) is 0 Å². The molecule has 2 aromatic heterocycles. The molecular weight excluding hydrogens is 341 g/mol. The minimum atomic E-state index is -0.465. The van der Waals surface area contributed by atoms with E-state index in [-0.39, 0.29) is 5.56 Å². The molecule has 2 aromatic carbocycles. The number of benzene rings is 2. The Labute approximate surface area is 146 Å². The lowest BCUT2D eigenvalue weighted by Gasteiger charge is -2.01. The third kappa shape index (κ3) is 2.99. The van der Waals surface area contributed by atoms with Crippen LogP contribution >= 0.6 is 11.3 Å². The van der Waals surface area contributed by atoms with Gasteiger partial charge in [0.1, 0.15) is 5.82 Å². The van der Waals surface area contributed by atoms with Crippen LogP contribution in [0.2, 0.25) is 0 Å². The van der Waals surface area contributed by atoms with Crippen LogP contribution < -0.4 is 5.32 Å². The first-order valence-electron chi connectivity index (χ1n) is 7.46. The van der Waals surface area contributed by atoms with Gasteiger partial charge in [0.25, 0.3) is 5.91 Å². The van der Waals surface area contributed by atoms with Crippen LogP contribution in [0.5, 0.6) is 0 Å². The highest BCUT2D eigenvalue weighted by Crippen LogP contribution is 2.24. The van der Waals surface area contributed by atoms with E-state index in [1.54, 1.807) is 4.52 Å². The minimum absolute atomic E-state index is 0.227. The number of amides is 1. The average molecular weight is 353 g/mol. The van der Waals surface area contributed by atoms with E-state index in [0.717, 1.165) is 11.1 Å². The smallest absolute Gasteiger partial charge is 0.257 e. The Bertz CT molecular complexity index is 1070. The molecule has 4 rings (SSSR count). The normalized spacial score (nSPS) is 11.0. The molecule has 2 heterocycles. The van der Waals surface area contributed by atoms with Crippen LogP contribution in [-0.2, 0) is 0 Å². The summed E-state index contributed by atoms with van der Waals surface area (Å²) in [7, 11) is 0. The second-order valence-corrected chi connectivity index (χ2v) is 6.41. The fourth-order valence-corrected chi connectivity index (χ4v) is 3.08. The van der Waals surface area contributed by atoms with Gasteiger partial charge in [-0.2, -0.15) is 4.52 Å². The van der Waals surface area contributed by atoms with Crippen molar-refractivity contribution >= 4 is 27.3 Å². The van der Waals surface area contributed by atoms with Crippen molar-refractivity contribution in [3.05, 3.63) is 65.5 Å². The molecule has 0 aliphatic rings.